The minimum absolute atomic E-state index is 0.00146. The van der Waals surface area contributed by atoms with Crippen molar-refractivity contribution in [3.63, 3.8) is 0 Å². The second-order valence-electron chi connectivity index (χ2n) is 4.98. The zero-order valence-corrected chi connectivity index (χ0v) is 12.6. The molecule has 1 atom stereocenters. The molecule has 1 heterocycles. The summed E-state index contributed by atoms with van der Waals surface area (Å²) in [6.07, 6.45) is 0.362. The maximum Gasteiger partial charge on any atom is 0.303 e. The van der Waals surface area contributed by atoms with Gasteiger partial charge in [-0.2, -0.15) is 0 Å². The summed E-state index contributed by atoms with van der Waals surface area (Å²) in [4.78, 5) is 23.2. The average Bonchev–Trinajstić information content (AvgIpc) is 2.75. The zero-order chi connectivity index (χ0) is 15.6. The molecule has 0 bridgehead atoms. The van der Waals surface area contributed by atoms with Crippen LogP contribution in [0.1, 0.15) is 35.0 Å². The fraction of sp³-hybridized carbons (Fsp3) is 0.333. The number of rotatable bonds is 5. The van der Waals surface area contributed by atoms with Crippen LogP contribution in [0.25, 0.3) is 10.1 Å². The van der Waals surface area contributed by atoms with E-state index in [-0.39, 0.29) is 24.2 Å². The molecule has 112 valence electrons. The highest BCUT2D eigenvalue weighted by molar-refractivity contribution is 7.21. The minimum atomic E-state index is -0.892. The molecule has 0 aliphatic heterocycles. The van der Waals surface area contributed by atoms with Crippen molar-refractivity contribution in [3.05, 3.63) is 34.5 Å². The predicted octanol–water partition coefficient (Wildman–Crippen LogP) is 3.33. The Labute approximate surface area is 125 Å². The lowest BCUT2D eigenvalue weighted by Gasteiger charge is -2.12. The summed E-state index contributed by atoms with van der Waals surface area (Å²) in [6.45, 7) is 3.48. The Kier molecular flexibility index (Phi) is 4.57. The fourth-order valence-corrected chi connectivity index (χ4v) is 3.30. The number of carboxylic acids is 1. The Bertz CT molecular complexity index is 696. The quantitative estimate of drug-likeness (QED) is 0.890. The van der Waals surface area contributed by atoms with Crippen LogP contribution in [0.2, 0.25) is 0 Å². The molecule has 0 radical (unpaired) electrons. The largest absolute Gasteiger partial charge is 0.481 e. The van der Waals surface area contributed by atoms with Gasteiger partial charge in [-0.15, -0.1) is 11.3 Å². The first kappa shape index (κ1) is 15.4. The maximum absolute atomic E-state index is 13.8. The average molecular weight is 309 g/mol. The van der Waals surface area contributed by atoms with Crippen LogP contribution >= 0.6 is 11.3 Å². The number of benzene rings is 1. The number of aliphatic carboxylic acids is 1. The Morgan fingerprint density at radius 3 is 2.76 bits per heavy atom. The summed E-state index contributed by atoms with van der Waals surface area (Å²) >= 11 is 1.24. The van der Waals surface area contributed by atoms with E-state index in [4.69, 9.17) is 5.11 Å². The molecule has 0 fully saturated rings. The molecule has 0 aliphatic carbocycles. The Hall–Kier alpha value is -1.95. The van der Waals surface area contributed by atoms with Gasteiger partial charge in [-0.1, -0.05) is 6.07 Å². The lowest BCUT2D eigenvalue weighted by molar-refractivity contribution is -0.137. The fourth-order valence-electron chi connectivity index (χ4n) is 2.17. The third kappa shape index (κ3) is 3.39. The van der Waals surface area contributed by atoms with E-state index in [0.717, 1.165) is 4.70 Å². The molecule has 0 spiro atoms. The van der Waals surface area contributed by atoms with Gasteiger partial charge in [-0.25, -0.2) is 4.39 Å². The molecule has 1 aromatic carbocycles. The van der Waals surface area contributed by atoms with Crippen molar-refractivity contribution in [3.8, 4) is 0 Å². The van der Waals surface area contributed by atoms with Crippen LogP contribution in [0, 0.1) is 12.7 Å². The van der Waals surface area contributed by atoms with Gasteiger partial charge in [0.2, 0.25) is 0 Å². The number of carboxylic acid groups (broad SMARTS) is 1. The van der Waals surface area contributed by atoms with E-state index in [1.807, 2.05) is 0 Å². The summed E-state index contributed by atoms with van der Waals surface area (Å²) in [6, 6.07) is 4.52. The first-order valence-electron chi connectivity index (χ1n) is 6.60. The number of hydrogen-bond donors (Lipinski definition) is 2. The van der Waals surface area contributed by atoms with E-state index in [2.05, 4.69) is 5.32 Å². The molecular weight excluding hydrogens is 293 g/mol. The van der Waals surface area contributed by atoms with Gasteiger partial charge >= 0.3 is 5.97 Å². The molecule has 2 aromatic rings. The van der Waals surface area contributed by atoms with E-state index < -0.39 is 5.97 Å². The smallest absolute Gasteiger partial charge is 0.303 e. The number of fused-ring (bicyclic) bond motifs is 1. The van der Waals surface area contributed by atoms with Crippen molar-refractivity contribution in [2.24, 2.45) is 0 Å². The lowest BCUT2D eigenvalue weighted by atomic mass is 10.1. The molecule has 2 N–H and O–H groups in total. The molecular formula is C15H16FNO3S. The molecule has 1 amide bonds. The van der Waals surface area contributed by atoms with Gasteiger partial charge in [0.05, 0.1) is 4.88 Å². The van der Waals surface area contributed by atoms with Crippen LogP contribution < -0.4 is 5.32 Å². The summed E-state index contributed by atoms with van der Waals surface area (Å²) in [7, 11) is 0. The van der Waals surface area contributed by atoms with Crippen LogP contribution in [0.4, 0.5) is 4.39 Å². The van der Waals surface area contributed by atoms with Gasteiger partial charge in [0.25, 0.3) is 5.91 Å². The Morgan fingerprint density at radius 1 is 1.43 bits per heavy atom. The first-order valence-corrected chi connectivity index (χ1v) is 7.42. The van der Waals surface area contributed by atoms with Gasteiger partial charge in [-0.3, -0.25) is 9.59 Å². The highest BCUT2D eigenvalue weighted by Gasteiger charge is 2.19. The van der Waals surface area contributed by atoms with Gasteiger partial charge in [-0.05, 0) is 38.0 Å². The molecule has 1 unspecified atom stereocenters. The molecule has 6 heteroatoms. The first-order chi connectivity index (χ1) is 9.90. The molecule has 0 saturated carbocycles. The Balaban J connectivity index is 2.18. The van der Waals surface area contributed by atoms with Crippen molar-refractivity contribution in [2.45, 2.75) is 32.7 Å². The minimum Gasteiger partial charge on any atom is -0.481 e. The van der Waals surface area contributed by atoms with E-state index in [1.165, 1.54) is 17.4 Å². The van der Waals surface area contributed by atoms with Crippen molar-refractivity contribution in [2.75, 3.05) is 0 Å². The number of carbonyl (C=O) groups is 2. The number of carbonyl (C=O) groups excluding carboxylic acids is 1. The van der Waals surface area contributed by atoms with Crippen molar-refractivity contribution in [1.29, 1.82) is 0 Å². The summed E-state index contributed by atoms with van der Waals surface area (Å²) in [5.41, 5.74) is 0.621. The van der Waals surface area contributed by atoms with E-state index in [1.54, 1.807) is 26.0 Å². The third-order valence-electron chi connectivity index (χ3n) is 3.28. The lowest BCUT2D eigenvalue weighted by Crippen LogP contribution is -2.32. The van der Waals surface area contributed by atoms with Crippen molar-refractivity contribution in [1.82, 2.24) is 5.32 Å². The molecule has 0 aliphatic rings. The van der Waals surface area contributed by atoms with Gasteiger partial charge in [0, 0.05) is 22.5 Å². The summed E-state index contributed by atoms with van der Waals surface area (Å²) < 4.78 is 14.5. The van der Waals surface area contributed by atoms with Crippen LogP contribution in [-0.2, 0) is 4.79 Å². The molecule has 0 saturated heterocycles. The van der Waals surface area contributed by atoms with Crippen molar-refractivity contribution >= 4 is 33.3 Å². The molecule has 4 nitrogen and oxygen atoms in total. The molecule has 2 rings (SSSR count). The summed E-state index contributed by atoms with van der Waals surface area (Å²) in [5, 5.41) is 11.9. The highest BCUT2D eigenvalue weighted by atomic mass is 32.1. The van der Waals surface area contributed by atoms with Crippen molar-refractivity contribution < 1.29 is 19.1 Å². The highest BCUT2D eigenvalue weighted by Crippen LogP contribution is 2.32. The van der Waals surface area contributed by atoms with Crippen LogP contribution in [0.3, 0.4) is 0 Å². The van der Waals surface area contributed by atoms with E-state index >= 15 is 0 Å². The van der Waals surface area contributed by atoms with Gasteiger partial charge in [0.1, 0.15) is 5.82 Å². The number of amides is 1. The second-order valence-corrected chi connectivity index (χ2v) is 6.03. The SMILES string of the molecule is Cc1c(C(=O)NC(C)CCC(=O)O)sc2cccc(F)c12. The van der Waals surface area contributed by atoms with Crippen LogP contribution in [-0.4, -0.2) is 23.0 Å². The molecule has 1 aromatic heterocycles. The van der Waals surface area contributed by atoms with Crippen LogP contribution in [0.15, 0.2) is 18.2 Å². The molecule has 21 heavy (non-hydrogen) atoms. The number of hydrogen-bond acceptors (Lipinski definition) is 3. The number of aryl methyl sites for hydroxylation is 1. The monoisotopic (exact) mass is 309 g/mol. The standard InChI is InChI=1S/C15H16FNO3S/c1-8(6-7-12(18)19)17-15(20)14-9(2)13-10(16)4-3-5-11(13)21-14/h3-5,8H,6-7H2,1-2H3,(H,17,20)(H,18,19). The Morgan fingerprint density at radius 2 is 2.14 bits per heavy atom. The summed E-state index contributed by atoms with van der Waals surface area (Å²) in [5.74, 6) is -1.51. The predicted molar refractivity (Wildman–Crippen MR) is 80.3 cm³/mol. The van der Waals surface area contributed by atoms with Gasteiger partial charge < -0.3 is 10.4 Å². The van der Waals surface area contributed by atoms with E-state index in [0.29, 0.717) is 22.2 Å². The van der Waals surface area contributed by atoms with Gasteiger partial charge in [0.15, 0.2) is 0 Å². The topological polar surface area (TPSA) is 66.4 Å². The van der Waals surface area contributed by atoms with Crippen LogP contribution in [0.5, 0.6) is 0 Å². The maximum atomic E-state index is 13.8. The zero-order valence-electron chi connectivity index (χ0n) is 11.8. The van der Waals surface area contributed by atoms with E-state index in [9.17, 15) is 14.0 Å². The normalized spacial score (nSPS) is 12.3. The second kappa shape index (κ2) is 6.22. The number of thiophene rings is 1. The third-order valence-corrected chi connectivity index (χ3v) is 4.53. The number of nitrogens with one attached hydrogen (secondary N) is 1. The number of halogens is 1.